The summed E-state index contributed by atoms with van der Waals surface area (Å²) >= 11 is 1.42. The Kier molecular flexibility index (Phi) is 5.30. The van der Waals surface area contributed by atoms with Crippen LogP contribution in [0.5, 0.6) is 0 Å². The second-order valence-electron chi connectivity index (χ2n) is 4.47. The number of Topliss-reactive ketones (excluding diaryl/α,β-unsaturated/α-hetero) is 1. The lowest BCUT2D eigenvalue weighted by Gasteiger charge is -2.03. The van der Waals surface area contributed by atoms with Gasteiger partial charge in [-0.25, -0.2) is 4.39 Å². The highest BCUT2D eigenvalue weighted by Crippen LogP contribution is 2.18. The quantitative estimate of drug-likeness (QED) is 0.760. The molecule has 0 radical (unpaired) electrons. The summed E-state index contributed by atoms with van der Waals surface area (Å²) in [5.41, 5.74) is 1.97. The molecule has 2 nitrogen and oxygen atoms in total. The lowest BCUT2D eigenvalue weighted by Crippen LogP contribution is -2.07. The molecule has 2 rings (SSSR count). The zero-order valence-corrected chi connectivity index (χ0v) is 12.1. The van der Waals surface area contributed by atoms with E-state index in [1.807, 2.05) is 18.3 Å². The molecule has 4 heteroatoms. The zero-order chi connectivity index (χ0) is 14.4. The van der Waals surface area contributed by atoms with Gasteiger partial charge in [0.1, 0.15) is 11.6 Å². The zero-order valence-electron chi connectivity index (χ0n) is 11.3. The summed E-state index contributed by atoms with van der Waals surface area (Å²) in [6.45, 7) is 2.07. The Morgan fingerprint density at radius 3 is 2.55 bits per heavy atom. The van der Waals surface area contributed by atoms with Gasteiger partial charge in [0.25, 0.3) is 0 Å². The van der Waals surface area contributed by atoms with E-state index in [0.717, 1.165) is 17.0 Å². The second kappa shape index (κ2) is 7.20. The largest absolute Gasteiger partial charge is 0.298 e. The van der Waals surface area contributed by atoms with Crippen LogP contribution in [0.2, 0.25) is 0 Å². The van der Waals surface area contributed by atoms with Gasteiger partial charge in [-0.15, -0.1) is 11.8 Å². The molecular formula is C16H16FNOS. The number of aromatic nitrogens is 1. The number of carbonyl (C=O) groups is 1. The van der Waals surface area contributed by atoms with Crippen molar-refractivity contribution in [3.05, 3.63) is 59.7 Å². The van der Waals surface area contributed by atoms with E-state index in [9.17, 15) is 9.18 Å². The molecular weight excluding hydrogens is 273 g/mol. The van der Waals surface area contributed by atoms with Crippen LogP contribution < -0.4 is 0 Å². The van der Waals surface area contributed by atoms with Crippen LogP contribution in [0, 0.1) is 5.82 Å². The normalized spacial score (nSPS) is 10.5. The van der Waals surface area contributed by atoms with Gasteiger partial charge in [-0.05, 0) is 42.3 Å². The average molecular weight is 289 g/mol. The number of hydrogen-bond donors (Lipinski definition) is 0. The molecule has 1 aromatic carbocycles. The van der Waals surface area contributed by atoms with Gasteiger partial charge in [0.2, 0.25) is 0 Å². The Morgan fingerprint density at radius 1 is 1.20 bits per heavy atom. The number of hydrogen-bond acceptors (Lipinski definition) is 3. The maximum absolute atomic E-state index is 12.8. The van der Waals surface area contributed by atoms with Crippen LogP contribution in [-0.4, -0.2) is 16.5 Å². The van der Waals surface area contributed by atoms with Gasteiger partial charge in [-0.1, -0.05) is 13.0 Å². The summed E-state index contributed by atoms with van der Waals surface area (Å²) in [5.74, 6) is 0.236. The predicted octanol–water partition coefficient (Wildman–Crippen LogP) is 3.69. The van der Waals surface area contributed by atoms with Crippen molar-refractivity contribution in [2.45, 2.75) is 24.7 Å². The van der Waals surface area contributed by atoms with Gasteiger partial charge >= 0.3 is 0 Å². The SMILES string of the molecule is CCc1ccc(CC(=O)CSc2ccc(F)cc2)nc1. The number of rotatable bonds is 6. The molecule has 0 saturated heterocycles. The first-order chi connectivity index (χ1) is 9.67. The number of halogens is 1. The molecule has 1 aromatic heterocycles. The number of carbonyl (C=O) groups excluding carboxylic acids is 1. The van der Waals surface area contributed by atoms with Crippen LogP contribution in [0.4, 0.5) is 4.39 Å². The van der Waals surface area contributed by atoms with Crippen molar-refractivity contribution in [3.63, 3.8) is 0 Å². The van der Waals surface area contributed by atoms with Gasteiger partial charge < -0.3 is 0 Å². The molecule has 0 amide bonds. The van der Waals surface area contributed by atoms with E-state index >= 15 is 0 Å². The van der Waals surface area contributed by atoms with E-state index in [1.54, 1.807) is 12.1 Å². The van der Waals surface area contributed by atoms with Crippen molar-refractivity contribution >= 4 is 17.5 Å². The fourth-order valence-corrected chi connectivity index (χ4v) is 2.47. The maximum atomic E-state index is 12.8. The molecule has 0 bridgehead atoms. The van der Waals surface area contributed by atoms with Crippen LogP contribution in [-0.2, 0) is 17.6 Å². The summed E-state index contributed by atoms with van der Waals surface area (Å²) in [4.78, 5) is 17.0. The highest BCUT2D eigenvalue weighted by atomic mass is 32.2. The fraction of sp³-hybridized carbons (Fsp3) is 0.250. The highest BCUT2D eigenvalue weighted by molar-refractivity contribution is 8.00. The first-order valence-electron chi connectivity index (χ1n) is 6.51. The van der Waals surface area contributed by atoms with Crippen LogP contribution >= 0.6 is 11.8 Å². The van der Waals surface area contributed by atoms with E-state index in [2.05, 4.69) is 11.9 Å². The number of benzene rings is 1. The van der Waals surface area contributed by atoms with Crippen molar-refractivity contribution < 1.29 is 9.18 Å². The summed E-state index contributed by atoms with van der Waals surface area (Å²) in [6, 6.07) is 10.1. The number of pyridine rings is 1. The van der Waals surface area contributed by atoms with Crippen LogP contribution in [0.15, 0.2) is 47.5 Å². The van der Waals surface area contributed by atoms with E-state index in [0.29, 0.717) is 12.2 Å². The Hall–Kier alpha value is -1.68. The first-order valence-corrected chi connectivity index (χ1v) is 7.50. The van der Waals surface area contributed by atoms with Crippen molar-refractivity contribution in [1.29, 1.82) is 0 Å². The molecule has 2 aromatic rings. The third kappa shape index (κ3) is 4.46. The van der Waals surface area contributed by atoms with E-state index in [4.69, 9.17) is 0 Å². The lowest BCUT2D eigenvalue weighted by atomic mass is 10.1. The minimum Gasteiger partial charge on any atom is -0.298 e. The molecule has 0 atom stereocenters. The number of ketones is 1. The predicted molar refractivity (Wildman–Crippen MR) is 79.5 cm³/mol. The van der Waals surface area contributed by atoms with E-state index in [1.165, 1.54) is 29.5 Å². The molecule has 0 aliphatic rings. The van der Waals surface area contributed by atoms with Crippen molar-refractivity contribution in [2.24, 2.45) is 0 Å². The summed E-state index contributed by atoms with van der Waals surface area (Å²) in [5, 5.41) is 0. The standard InChI is InChI=1S/C16H16FNOS/c1-2-12-3-6-14(18-10-12)9-15(19)11-20-16-7-4-13(17)5-8-16/h3-8,10H,2,9,11H2,1H3. The molecule has 104 valence electrons. The molecule has 0 N–H and O–H groups in total. The molecule has 0 aliphatic heterocycles. The molecule has 0 aliphatic carbocycles. The van der Waals surface area contributed by atoms with Gasteiger partial charge in [-0.2, -0.15) is 0 Å². The minimum atomic E-state index is -0.263. The fourth-order valence-electron chi connectivity index (χ4n) is 1.72. The molecule has 20 heavy (non-hydrogen) atoms. The van der Waals surface area contributed by atoms with Crippen molar-refractivity contribution in [3.8, 4) is 0 Å². The van der Waals surface area contributed by atoms with Gasteiger partial charge in [0, 0.05) is 23.2 Å². The second-order valence-corrected chi connectivity index (χ2v) is 5.52. The lowest BCUT2D eigenvalue weighted by molar-refractivity contribution is -0.116. The monoisotopic (exact) mass is 289 g/mol. The highest BCUT2D eigenvalue weighted by Gasteiger charge is 2.06. The first kappa shape index (κ1) is 14.7. The molecule has 0 fully saturated rings. The topological polar surface area (TPSA) is 30.0 Å². The van der Waals surface area contributed by atoms with Gasteiger partial charge in [0.15, 0.2) is 0 Å². The van der Waals surface area contributed by atoms with Crippen molar-refractivity contribution in [1.82, 2.24) is 4.98 Å². The van der Waals surface area contributed by atoms with E-state index in [-0.39, 0.29) is 11.6 Å². The Balaban J connectivity index is 1.84. The van der Waals surface area contributed by atoms with Crippen LogP contribution in [0.1, 0.15) is 18.2 Å². The summed E-state index contributed by atoms with van der Waals surface area (Å²) < 4.78 is 12.8. The van der Waals surface area contributed by atoms with Crippen LogP contribution in [0.25, 0.3) is 0 Å². The van der Waals surface area contributed by atoms with Gasteiger partial charge in [-0.3, -0.25) is 9.78 Å². The Labute approximate surface area is 122 Å². The van der Waals surface area contributed by atoms with Crippen molar-refractivity contribution in [2.75, 3.05) is 5.75 Å². The minimum absolute atomic E-state index is 0.121. The number of aryl methyl sites for hydroxylation is 1. The molecule has 0 saturated carbocycles. The van der Waals surface area contributed by atoms with E-state index < -0.39 is 0 Å². The molecule has 1 heterocycles. The Morgan fingerprint density at radius 2 is 1.95 bits per heavy atom. The third-order valence-electron chi connectivity index (χ3n) is 2.89. The molecule has 0 spiro atoms. The van der Waals surface area contributed by atoms with Crippen LogP contribution in [0.3, 0.4) is 0 Å². The number of nitrogens with zero attached hydrogens (tertiary/aromatic N) is 1. The number of thioether (sulfide) groups is 1. The maximum Gasteiger partial charge on any atom is 0.149 e. The molecule has 0 unspecified atom stereocenters. The smallest absolute Gasteiger partial charge is 0.149 e. The van der Waals surface area contributed by atoms with Gasteiger partial charge in [0.05, 0.1) is 5.75 Å². The third-order valence-corrected chi connectivity index (χ3v) is 3.96. The Bertz CT molecular complexity index is 566. The average Bonchev–Trinajstić information content (AvgIpc) is 2.47. The summed E-state index contributed by atoms with van der Waals surface area (Å²) in [7, 11) is 0. The summed E-state index contributed by atoms with van der Waals surface area (Å²) in [6.07, 6.45) is 3.11.